The van der Waals surface area contributed by atoms with Gasteiger partial charge in [-0.1, -0.05) is 27.2 Å². The molecule has 1 nitrogen and oxygen atoms in total. The first-order valence-corrected chi connectivity index (χ1v) is 4.23. The third-order valence-corrected chi connectivity index (χ3v) is 1.49. The van der Waals surface area contributed by atoms with Crippen LogP contribution >= 0.6 is 0 Å². The van der Waals surface area contributed by atoms with Gasteiger partial charge in [-0.15, -0.1) is 0 Å². The van der Waals surface area contributed by atoms with Gasteiger partial charge in [0, 0.05) is 5.71 Å². The van der Waals surface area contributed by atoms with Crippen molar-refractivity contribution in [2.24, 2.45) is 5.92 Å². The zero-order valence-electron chi connectivity index (χ0n) is 7.41. The number of unbranched alkanes of at least 4 members (excludes halogenated alkanes) is 1. The molecule has 0 aliphatic rings. The fourth-order valence-electron chi connectivity index (χ4n) is 0.985. The second-order valence-electron chi connectivity index (χ2n) is 3.31. The van der Waals surface area contributed by atoms with E-state index in [2.05, 4.69) is 20.8 Å². The highest BCUT2D eigenvalue weighted by Gasteiger charge is 1.99. The van der Waals surface area contributed by atoms with Crippen LogP contribution in [0.2, 0.25) is 0 Å². The number of nitrogens with one attached hydrogen (secondary N) is 1. The van der Waals surface area contributed by atoms with E-state index in [0.29, 0.717) is 5.92 Å². The van der Waals surface area contributed by atoms with E-state index in [1.165, 1.54) is 12.8 Å². The summed E-state index contributed by atoms with van der Waals surface area (Å²) in [5.74, 6) is 0.657. The first-order chi connectivity index (χ1) is 4.66. The van der Waals surface area contributed by atoms with E-state index < -0.39 is 0 Å². The molecule has 0 atom stereocenters. The molecule has 0 amide bonds. The van der Waals surface area contributed by atoms with E-state index in [-0.39, 0.29) is 0 Å². The minimum absolute atomic E-state index is 0.657. The topological polar surface area (TPSA) is 23.9 Å². The van der Waals surface area contributed by atoms with E-state index in [4.69, 9.17) is 5.41 Å². The highest BCUT2D eigenvalue weighted by molar-refractivity contribution is 5.81. The van der Waals surface area contributed by atoms with Crippen molar-refractivity contribution < 1.29 is 0 Å². The predicted octanol–water partition coefficient (Wildman–Crippen LogP) is 3.24. The maximum Gasteiger partial charge on any atom is 0.00917 e. The van der Waals surface area contributed by atoms with Gasteiger partial charge in [0.1, 0.15) is 0 Å². The zero-order chi connectivity index (χ0) is 7.98. The summed E-state index contributed by atoms with van der Waals surface area (Å²) in [6, 6.07) is 0. The molecule has 0 spiro atoms. The molecule has 0 saturated heterocycles. The van der Waals surface area contributed by atoms with Crippen LogP contribution < -0.4 is 0 Å². The van der Waals surface area contributed by atoms with E-state index in [0.717, 1.165) is 18.6 Å². The third kappa shape index (κ3) is 5.80. The van der Waals surface area contributed by atoms with Gasteiger partial charge < -0.3 is 5.41 Å². The molecule has 1 heteroatoms. The van der Waals surface area contributed by atoms with Crippen molar-refractivity contribution in [3.05, 3.63) is 0 Å². The minimum Gasteiger partial charge on any atom is -0.310 e. The second kappa shape index (κ2) is 5.45. The minimum atomic E-state index is 0.657. The normalized spacial score (nSPS) is 10.4. The Balaban J connectivity index is 3.26. The highest BCUT2D eigenvalue weighted by atomic mass is 14.4. The standard InChI is InChI=1S/C9H19N/c1-4-5-6-9(10)7-8(2)3/h8,10H,4-7H2,1-3H3. The van der Waals surface area contributed by atoms with Crippen molar-refractivity contribution in [3.8, 4) is 0 Å². The molecule has 0 bridgehead atoms. The van der Waals surface area contributed by atoms with Crippen LogP contribution in [-0.2, 0) is 0 Å². The summed E-state index contributed by atoms with van der Waals surface area (Å²) in [6.07, 6.45) is 4.39. The number of hydrogen-bond acceptors (Lipinski definition) is 1. The molecule has 0 aliphatic carbocycles. The van der Waals surface area contributed by atoms with Crippen LogP contribution in [-0.4, -0.2) is 5.71 Å². The molecule has 0 aromatic carbocycles. The van der Waals surface area contributed by atoms with Gasteiger partial charge in [-0.05, 0) is 25.2 Å². The lowest BCUT2D eigenvalue weighted by Gasteiger charge is -2.04. The largest absolute Gasteiger partial charge is 0.310 e. The predicted molar refractivity (Wildman–Crippen MR) is 46.7 cm³/mol. The van der Waals surface area contributed by atoms with Crippen LogP contribution in [0.15, 0.2) is 0 Å². The summed E-state index contributed by atoms with van der Waals surface area (Å²) in [5, 5.41) is 7.52. The van der Waals surface area contributed by atoms with E-state index >= 15 is 0 Å². The summed E-state index contributed by atoms with van der Waals surface area (Å²) in [7, 11) is 0. The van der Waals surface area contributed by atoms with Gasteiger partial charge in [0.15, 0.2) is 0 Å². The summed E-state index contributed by atoms with van der Waals surface area (Å²) < 4.78 is 0. The molecule has 0 fully saturated rings. The van der Waals surface area contributed by atoms with E-state index in [1.54, 1.807) is 0 Å². The second-order valence-corrected chi connectivity index (χ2v) is 3.31. The van der Waals surface area contributed by atoms with Gasteiger partial charge in [-0.25, -0.2) is 0 Å². The first-order valence-electron chi connectivity index (χ1n) is 4.23. The van der Waals surface area contributed by atoms with Gasteiger partial charge in [-0.3, -0.25) is 0 Å². The Labute approximate surface area is 64.3 Å². The van der Waals surface area contributed by atoms with E-state index in [9.17, 15) is 0 Å². The van der Waals surface area contributed by atoms with Crippen LogP contribution in [0.4, 0.5) is 0 Å². The smallest absolute Gasteiger partial charge is 0.00917 e. The van der Waals surface area contributed by atoms with Crippen molar-refractivity contribution in [3.63, 3.8) is 0 Å². The number of rotatable bonds is 5. The quantitative estimate of drug-likeness (QED) is 0.568. The lowest BCUT2D eigenvalue weighted by atomic mass is 10.0. The van der Waals surface area contributed by atoms with Gasteiger partial charge in [0.25, 0.3) is 0 Å². The summed E-state index contributed by atoms with van der Waals surface area (Å²) in [6.45, 7) is 6.50. The van der Waals surface area contributed by atoms with Crippen LogP contribution in [0, 0.1) is 11.3 Å². The molecule has 10 heavy (non-hydrogen) atoms. The molecular weight excluding hydrogens is 122 g/mol. The fourth-order valence-corrected chi connectivity index (χ4v) is 0.985. The maximum atomic E-state index is 7.52. The van der Waals surface area contributed by atoms with Crippen LogP contribution in [0.1, 0.15) is 46.5 Å². The van der Waals surface area contributed by atoms with Crippen molar-refractivity contribution in [1.82, 2.24) is 0 Å². The van der Waals surface area contributed by atoms with Gasteiger partial charge >= 0.3 is 0 Å². The van der Waals surface area contributed by atoms with Crippen molar-refractivity contribution in [2.75, 3.05) is 0 Å². The Morgan fingerprint density at radius 2 is 2.00 bits per heavy atom. The van der Waals surface area contributed by atoms with Gasteiger partial charge in [-0.2, -0.15) is 0 Å². The molecule has 0 saturated carbocycles. The summed E-state index contributed by atoms with van der Waals surface area (Å²) in [4.78, 5) is 0. The van der Waals surface area contributed by atoms with E-state index in [1.807, 2.05) is 0 Å². The average Bonchev–Trinajstić information content (AvgIpc) is 1.82. The molecule has 0 aliphatic heterocycles. The monoisotopic (exact) mass is 141 g/mol. The van der Waals surface area contributed by atoms with Crippen molar-refractivity contribution in [1.29, 1.82) is 5.41 Å². The Morgan fingerprint density at radius 1 is 1.40 bits per heavy atom. The Kier molecular flexibility index (Phi) is 5.27. The Bertz CT molecular complexity index is 94.9. The lowest BCUT2D eigenvalue weighted by molar-refractivity contribution is 0.667. The molecular formula is C9H19N. The molecule has 0 radical (unpaired) electrons. The maximum absolute atomic E-state index is 7.52. The van der Waals surface area contributed by atoms with Crippen LogP contribution in [0.3, 0.4) is 0 Å². The van der Waals surface area contributed by atoms with Crippen molar-refractivity contribution >= 4 is 5.71 Å². The van der Waals surface area contributed by atoms with Crippen LogP contribution in [0.25, 0.3) is 0 Å². The first kappa shape index (κ1) is 9.67. The number of hydrogen-bond donors (Lipinski definition) is 1. The van der Waals surface area contributed by atoms with Crippen molar-refractivity contribution in [2.45, 2.75) is 46.5 Å². The van der Waals surface area contributed by atoms with Gasteiger partial charge in [0.05, 0.1) is 0 Å². The SMILES string of the molecule is CCCCC(=N)CC(C)C. The van der Waals surface area contributed by atoms with Crippen LogP contribution in [0.5, 0.6) is 0 Å². The summed E-state index contributed by atoms with van der Waals surface area (Å²) in [5.41, 5.74) is 0.928. The Hall–Kier alpha value is -0.330. The highest BCUT2D eigenvalue weighted by Crippen LogP contribution is 2.05. The fraction of sp³-hybridized carbons (Fsp3) is 0.889. The molecule has 1 N–H and O–H groups in total. The zero-order valence-corrected chi connectivity index (χ0v) is 7.41. The van der Waals surface area contributed by atoms with Gasteiger partial charge in [0.2, 0.25) is 0 Å². The lowest BCUT2D eigenvalue weighted by Crippen LogP contribution is -2.00. The third-order valence-electron chi connectivity index (χ3n) is 1.49. The molecule has 0 rings (SSSR count). The Morgan fingerprint density at radius 3 is 2.40 bits per heavy atom. The molecule has 0 aromatic heterocycles. The molecule has 0 aromatic rings. The molecule has 60 valence electrons. The summed E-state index contributed by atoms with van der Waals surface area (Å²) >= 11 is 0. The average molecular weight is 141 g/mol. The molecule has 0 unspecified atom stereocenters. The molecule has 0 heterocycles.